The molecule has 0 spiro atoms. The molecule has 0 atom stereocenters. The monoisotopic (exact) mass is 238 g/mol. The summed E-state index contributed by atoms with van der Waals surface area (Å²) in [6.07, 6.45) is 5.21. The Balaban J connectivity index is 5.19. The summed E-state index contributed by atoms with van der Waals surface area (Å²) in [5.74, 6) is 0. The lowest BCUT2D eigenvalue weighted by molar-refractivity contribution is 0.838. The molecule has 15 heavy (non-hydrogen) atoms. The van der Waals surface area contributed by atoms with Crippen LogP contribution < -0.4 is 0 Å². The number of hydrogen-bond donors (Lipinski definition) is 0. The van der Waals surface area contributed by atoms with E-state index in [2.05, 4.69) is 57.6 Å². The first-order chi connectivity index (χ1) is 6.89. The van der Waals surface area contributed by atoms with Crippen LogP contribution in [0.5, 0.6) is 0 Å². The average molecular weight is 238 g/mol. The van der Waals surface area contributed by atoms with Gasteiger partial charge in [-0.2, -0.15) is 0 Å². The minimum atomic E-state index is -1.54. The van der Waals surface area contributed by atoms with Crippen molar-refractivity contribution in [1.29, 1.82) is 0 Å². The van der Waals surface area contributed by atoms with Crippen LogP contribution in [0.3, 0.4) is 0 Å². The van der Waals surface area contributed by atoms with Crippen molar-refractivity contribution in [2.24, 2.45) is 0 Å². The van der Waals surface area contributed by atoms with Crippen molar-refractivity contribution in [3.8, 4) is 22.5 Å². The van der Waals surface area contributed by atoms with Crippen LogP contribution in [0.4, 0.5) is 0 Å². The van der Waals surface area contributed by atoms with E-state index in [1.807, 2.05) is 0 Å². The molecular formula is C13H22SSi. The second-order valence-corrected chi connectivity index (χ2v) is 11.1. The van der Waals surface area contributed by atoms with Gasteiger partial charge in [-0.05, 0) is 27.1 Å². The fraction of sp³-hybridized carbons (Fsp3) is 0.692. The Morgan fingerprint density at radius 1 is 0.933 bits per heavy atom. The molecule has 0 nitrogen and oxygen atoms in total. The van der Waals surface area contributed by atoms with E-state index >= 15 is 0 Å². The quantitative estimate of drug-likeness (QED) is 0.516. The molecule has 0 aliphatic heterocycles. The lowest BCUT2D eigenvalue weighted by Gasteiger charge is -2.37. The molecule has 0 amide bonds. The molecule has 0 heterocycles. The van der Waals surface area contributed by atoms with Gasteiger partial charge in [0.1, 0.15) is 8.07 Å². The standard InChI is InChI=1S/C13H22SSi/c1-8-14-9-10-15(11(2)3,12(4)5)13(6)7/h1,11-13H,2-7H3. The highest BCUT2D eigenvalue weighted by Crippen LogP contribution is 2.40. The first kappa shape index (κ1) is 14.7. The molecule has 2 heteroatoms. The van der Waals surface area contributed by atoms with Gasteiger partial charge >= 0.3 is 0 Å². The molecule has 0 fully saturated rings. The largest absolute Gasteiger partial charge is 0.147 e. The fourth-order valence-corrected chi connectivity index (χ4v) is 8.41. The van der Waals surface area contributed by atoms with E-state index in [-0.39, 0.29) is 0 Å². The molecule has 0 aromatic heterocycles. The van der Waals surface area contributed by atoms with Crippen molar-refractivity contribution in [3.05, 3.63) is 0 Å². The lowest BCUT2D eigenvalue weighted by Crippen LogP contribution is -2.43. The van der Waals surface area contributed by atoms with Crippen LogP contribution in [0, 0.1) is 22.5 Å². The SMILES string of the molecule is C#CSC#C[Si](C(C)C)(C(C)C)C(C)C. The summed E-state index contributed by atoms with van der Waals surface area (Å²) in [4.78, 5) is 0. The van der Waals surface area contributed by atoms with Gasteiger partial charge in [0.15, 0.2) is 0 Å². The van der Waals surface area contributed by atoms with Crippen LogP contribution in [0.25, 0.3) is 0 Å². The molecule has 0 saturated carbocycles. The molecule has 0 radical (unpaired) electrons. The Kier molecular flexibility index (Phi) is 6.18. The summed E-state index contributed by atoms with van der Waals surface area (Å²) < 4.78 is 0. The van der Waals surface area contributed by atoms with Gasteiger partial charge < -0.3 is 0 Å². The molecule has 0 N–H and O–H groups in total. The van der Waals surface area contributed by atoms with Crippen LogP contribution in [0.1, 0.15) is 41.5 Å². The second-order valence-electron chi connectivity index (χ2n) is 4.84. The maximum atomic E-state index is 5.21. The van der Waals surface area contributed by atoms with Crippen molar-refractivity contribution >= 4 is 19.8 Å². The van der Waals surface area contributed by atoms with Crippen molar-refractivity contribution in [1.82, 2.24) is 0 Å². The van der Waals surface area contributed by atoms with Crippen LogP contribution in [0.2, 0.25) is 16.6 Å². The number of rotatable bonds is 3. The minimum Gasteiger partial charge on any atom is -0.118 e. The fourth-order valence-electron chi connectivity index (χ4n) is 2.58. The molecule has 0 unspecified atom stereocenters. The highest BCUT2D eigenvalue weighted by atomic mass is 32.2. The van der Waals surface area contributed by atoms with Crippen LogP contribution in [0.15, 0.2) is 0 Å². The van der Waals surface area contributed by atoms with Crippen molar-refractivity contribution in [2.75, 3.05) is 0 Å². The first-order valence-corrected chi connectivity index (χ1v) is 8.58. The van der Waals surface area contributed by atoms with Gasteiger partial charge in [-0.1, -0.05) is 41.5 Å². The van der Waals surface area contributed by atoms with Crippen LogP contribution in [-0.2, 0) is 0 Å². The Morgan fingerprint density at radius 2 is 1.33 bits per heavy atom. The second kappa shape index (κ2) is 6.31. The summed E-state index contributed by atoms with van der Waals surface area (Å²) in [6, 6.07) is 0. The third-order valence-electron chi connectivity index (χ3n) is 3.24. The maximum Gasteiger partial charge on any atom is 0.147 e. The van der Waals surface area contributed by atoms with Gasteiger partial charge in [0.2, 0.25) is 0 Å². The molecule has 0 bridgehead atoms. The van der Waals surface area contributed by atoms with Crippen molar-refractivity contribution < 1.29 is 0 Å². The van der Waals surface area contributed by atoms with Gasteiger partial charge in [0.25, 0.3) is 0 Å². The normalized spacial score (nSPS) is 11.5. The zero-order valence-electron chi connectivity index (χ0n) is 10.7. The molecule has 0 aromatic carbocycles. The van der Waals surface area contributed by atoms with E-state index in [1.54, 1.807) is 0 Å². The molecule has 0 rings (SSSR count). The highest BCUT2D eigenvalue weighted by molar-refractivity contribution is 8.08. The smallest absolute Gasteiger partial charge is 0.118 e. The summed E-state index contributed by atoms with van der Waals surface area (Å²) in [5.41, 5.74) is 5.59. The Bertz CT molecular complexity index is 264. The van der Waals surface area contributed by atoms with Crippen molar-refractivity contribution in [2.45, 2.75) is 58.2 Å². The van der Waals surface area contributed by atoms with Gasteiger partial charge in [-0.25, -0.2) is 0 Å². The zero-order valence-corrected chi connectivity index (χ0v) is 12.5. The van der Waals surface area contributed by atoms with E-state index in [0.29, 0.717) is 16.6 Å². The summed E-state index contributed by atoms with van der Waals surface area (Å²) in [6.45, 7) is 13.8. The number of terminal acetylenes is 1. The van der Waals surface area contributed by atoms with E-state index in [0.717, 1.165) is 0 Å². The average Bonchev–Trinajstić information content (AvgIpc) is 2.10. The van der Waals surface area contributed by atoms with Crippen molar-refractivity contribution in [3.63, 3.8) is 0 Å². The van der Waals surface area contributed by atoms with Gasteiger partial charge in [-0.15, -0.1) is 12.0 Å². The first-order valence-electron chi connectivity index (χ1n) is 5.53. The van der Waals surface area contributed by atoms with E-state index in [9.17, 15) is 0 Å². The molecule has 0 aliphatic carbocycles. The van der Waals surface area contributed by atoms with E-state index in [4.69, 9.17) is 6.42 Å². The van der Waals surface area contributed by atoms with Gasteiger partial charge in [0, 0.05) is 11.8 Å². The molecule has 0 aromatic rings. The summed E-state index contributed by atoms with van der Waals surface area (Å²) in [5, 5.41) is 5.63. The molecule has 0 saturated heterocycles. The molecular weight excluding hydrogens is 216 g/mol. The number of hydrogen-bond acceptors (Lipinski definition) is 1. The van der Waals surface area contributed by atoms with Crippen LogP contribution in [-0.4, -0.2) is 8.07 Å². The van der Waals surface area contributed by atoms with Gasteiger partial charge in [0.05, 0.1) is 0 Å². The lowest BCUT2D eigenvalue weighted by atomic mass is 10.5. The Hall–Kier alpha value is -0.313. The number of thioether (sulfide) groups is 1. The van der Waals surface area contributed by atoms with E-state index in [1.165, 1.54) is 11.8 Å². The topological polar surface area (TPSA) is 0 Å². The zero-order chi connectivity index (χ0) is 12.1. The van der Waals surface area contributed by atoms with Gasteiger partial charge in [-0.3, -0.25) is 0 Å². The summed E-state index contributed by atoms with van der Waals surface area (Å²) >= 11 is 1.29. The summed E-state index contributed by atoms with van der Waals surface area (Å²) in [7, 11) is -1.54. The third kappa shape index (κ3) is 3.33. The third-order valence-corrected chi connectivity index (χ3v) is 10.0. The predicted octanol–water partition coefficient (Wildman–Crippen LogP) is 4.49. The molecule has 0 aliphatic rings. The minimum absolute atomic E-state index is 0.684. The Labute approximate surface area is 101 Å². The van der Waals surface area contributed by atoms with Crippen LogP contribution >= 0.6 is 11.8 Å². The predicted molar refractivity (Wildman–Crippen MR) is 75.2 cm³/mol. The Morgan fingerprint density at radius 3 is 1.60 bits per heavy atom. The highest BCUT2D eigenvalue weighted by Gasteiger charge is 2.41. The maximum absolute atomic E-state index is 5.21. The van der Waals surface area contributed by atoms with E-state index < -0.39 is 8.07 Å². The molecule has 84 valence electrons.